The van der Waals surface area contributed by atoms with E-state index in [-0.39, 0.29) is 0 Å². The van der Waals surface area contributed by atoms with Gasteiger partial charge >= 0.3 is 0 Å². The normalized spacial score (nSPS) is 11.8. The minimum atomic E-state index is 0.933. The minimum Gasteiger partial charge on any atom is -0.456 e. The van der Waals surface area contributed by atoms with Crippen molar-refractivity contribution >= 4 is 58.3 Å². The Kier molecular flexibility index (Phi) is 4.98. The van der Waals surface area contributed by atoms with Crippen LogP contribution in [0.2, 0.25) is 0 Å². The second kappa shape index (κ2) is 8.36. The number of aryl methyl sites for hydroxylation is 1. The molecule has 1 unspecified atom stereocenters. The van der Waals surface area contributed by atoms with Crippen LogP contribution in [-0.2, 0) is 6.42 Å². The zero-order chi connectivity index (χ0) is 24.2. The lowest BCUT2D eigenvalue weighted by Crippen LogP contribution is -2.01. The summed E-state index contributed by atoms with van der Waals surface area (Å²) in [5.41, 5.74) is 9.19. The lowest BCUT2D eigenvalue weighted by molar-refractivity contribution is 0.669. The van der Waals surface area contributed by atoms with Crippen LogP contribution in [-0.4, -0.2) is 4.57 Å². The van der Waals surface area contributed by atoms with Crippen molar-refractivity contribution in [3.8, 4) is 16.8 Å². The van der Waals surface area contributed by atoms with Crippen LogP contribution in [0.3, 0.4) is 0 Å². The van der Waals surface area contributed by atoms with Gasteiger partial charge in [0.25, 0.3) is 0 Å². The maximum absolute atomic E-state index is 6.29. The Morgan fingerprint density at radius 2 is 1.42 bits per heavy atom. The summed E-state index contributed by atoms with van der Waals surface area (Å²) < 4.78 is 8.66. The first-order chi connectivity index (χ1) is 17.7. The van der Waals surface area contributed by atoms with Crippen LogP contribution in [0.25, 0.3) is 60.6 Å². The van der Waals surface area contributed by atoms with E-state index in [1.807, 2.05) is 0 Å². The Hall–Kier alpha value is -3.87. The first-order valence-corrected chi connectivity index (χ1v) is 13.1. The summed E-state index contributed by atoms with van der Waals surface area (Å²) in [7, 11) is 2.91. The number of nitrogens with zero attached hydrogens (tertiary/aromatic N) is 1. The van der Waals surface area contributed by atoms with E-state index in [1.54, 1.807) is 0 Å². The van der Waals surface area contributed by atoms with Gasteiger partial charge in [0.1, 0.15) is 11.2 Å². The third-order valence-corrected chi connectivity index (χ3v) is 7.76. The summed E-state index contributed by atoms with van der Waals surface area (Å²) >= 11 is 0. The van der Waals surface area contributed by atoms with E-state index >= 15 is 0 Å². The number of hydrogen-bond acceptors (Lipinski definition) is 1. The fraction of sp³-hybridized carbons (Fsp3) is 0.0909. The van der Waals surface area contributed by atoms with Crippen LogP contribution < -0.4 is 5.30 Å². The lowest BCUT2D eigenvalue weighted by Gasteiger charge is -2.12. The van der Waals surface area contributed by atoms with E-state index in [4.69, 9.17) is 4.42 Å². The highest BCUT2D eigenvalue weighted by Crippen LogP contribution is 2.35. The molecule has 0 aliphatic heterocycles. The van der Waals surface area contributed by atoms with Crippen molar-refractivity contribution in [2.24, 2.45) is 0 Å². The smallest absolute Gasteiger partial charge is 0.136 e. The van der Waals surface area contributed by atoms with Gasteiger partial charge in [-0.15, -0.1) is 9.24 Å². The van der Waals surface area contributed by atoms with Crippen molar-refractivity contribution in [1.82, 2.24) is 4.57 Å². The third kappa shape index (κ3) is 3.29. The Labute approximate surface area is 212 Å². The van der Waals surface area contributed by atoms with Gasteiger partial charge in [-0.05, 0) is 76.9 Å². The standard InChI is InChI=1S/C33H26NOP/c1-2-7-21-12-16-31-28(18-21)26-15-13-22(19-32(26)35-31)27-20-23(14-17-33(27)36)34-29-10-5-3-8-24(29)25-9-4-6-11-30(25)34/h3-6,8-20H,2,7,36H2,1H3. The number of para-hydroxylation sites is 2. The molecule has 2 aromatic heterocycles. The maximum Gasteiger partial charge on any atom is 0.136 e. The van der Waals surface area contributed by atoms with E-state index in [0.29, 0.717) is 0 Å². The maximum atomic E-state index is 6.29. The SMILES string of the molecule is CCCc1ccc2oc3cc(-c4cc(-n5c6ccccc6c6ccccc65)ccc4P)ccc3c2c1. The molecule has 0 amide bonds. The van der Waals surface area contributed by atoms with Gasteiger partial charge in [0.15, 0.2) is 0 Å². The summed E-state index contributed by atoms with van der Waals surface area (Å²) in [6, 6.07) is 37.2. The number of hydrogen-bond donors (Lipinski definition) is 0. The molecule has 0 spiro atoms. The second-order valence-electron chi connectivity index (χ2n) is 9.53. The highest BCUT2D eigenvalue weighted by atomic mass is 31.0. The summed E-state index contributed by atoms with van der Waals surface area (Å²) in [6.07, 6.45) is 2.23. The molecule has 0 aliphatic rings. The number of aromatic nitrogens is 1. The average molecular weight is 484 g/mol. The predicted molar refractivity (Wildman–Crippen MR) is 157 cm³/mol. The topological polar surface area (TPSA) is 18.1 Å². The van der Waals surface area contributed by atoms with Crippen molar-refractivity contribution in [1.29, 1.82) is 0 Å². The number of furan rings is 1. The molecule has 2 nitrogen and oxygen atoms in total. The van der Waals surface area contributed by atoms with E-state index in [2.05, 4.69) is 124 Å². The predicted octanol–water partition coefficient (Wildman–Crippen LogP) is 8.80. The number of rotatable bonds is 4. The Morgan fingerprint density at radius 3 is 2.17 bits per heavy atom. The highest BCUT2D eigenvalue weighted by molar-refractivity contribution is 7.28. The molecule has 2 heterocycles. The van der Waals surface area contributed by atoms with Gasteiger partial charge in [-0.25, -0.2) is 0 Å². The molecule has 174 valence electrons. The summed E-state index contributed by atoms with van der Waals surface area (Å²) in [5, 5.41) is 6.09. The van der Waals surface area contributed by atoms with Crippen LogP contribution >= 0.6 is 9.24 Å². The molecular weight excluding hydrogens is 457 g/mol. The first kappa shape index (κ1) is 21.4. The third-order valence-electron chi connectivity index (χ3n) is 7.26. The Bertz CT molecular complexity index is 1870. The van der Waals surface area contributed by atoms with Gasteiger partial charge in [0.2, 0.25) is 0 Å². The van der Waals surface area contributed by atoms with Gasteiger partial charge in [-0.2, -0.15) is 0 Å². The van der Waals surface area contributed by atoms with Crippen molar-refractivity contribution < 1.29 is 4.42 Å². The highest BCUT2D eigenvalue weighted by Gasteiger charge is 2.14. The molecule has 0 N–H and O–H groups in total. The molecule has 0 bridgehead atoms. The second-order valence-corrected chi connectivity index (χ2v) is 10.2. The Morgan fingerprint density at radius 1 is 0.667 bits per heavy atom. The van der Waals surface area contributed by atoms with Crippen molar-refractivity contribution in [2.45, 2.75) is 19.8 Å². The summed E-state index contributed by atoms with van der Waals surface area (Å²) in [4.78, 5) is 0. The largest absolute Gasteiger partial charge is 0.456 e. The summed E-state index contributed by atoms with van der Waals surface area (Å²) in [5.74, 6) is 0. The molecule has 36 heavy (non-hydrogen) atoms. The van der Waals surface area contributed by atoms with Crippen LogP contribution in [0.5, 0.6) is 0 Å². The first-order valence-electron chi connectivity index (χ1n) is 12.5. The van der Waals surface area contributed by atoms with Crippen molar-refractivity contribution in [2.75, 3.05) is 0 Å². The van der Waals surface area contributed by atoms with E-state index < -0.39 is 0 Å². The molecule has 7 aromatic rings. The van der Waals surface area contributed by atoms with Gasteiger partial charge in [0, 0.05) is 27.2 Å². The van der Waals surface area contributed by atoms with E-state index in [1.165, 1.54) is 49.0 Å². The average Bonchev–Trinajstić information content (AvgIpc) is 3.44. The van der Waals surface area contributed by atoms with Gasteiger partial charge < -0.3 is 8.98 Å². The molecule has 0 aliphatic carbocycles. The van der Waals surface area contributed by atoms with E-state index in [0.717, 1.165) is 35.3 Å². The van der Waals surface area contributed by atoms with Crippen LogP contribution in [0.15, 0.2) is 108 Å². The number of benzene rings is 5. The molecule has 0 saturated carbocycles. The fourth-order valence-electron chi connectivity index (χ4n) is 5.57. The van der Waals surface area contributed by atoms with Crippen molar-refractivity contribution in [3.63, 3.8) is 0 Å². The van der Waals surface area contributed by atoms with Crippen LogP contribution in [0.4, 0.5) is 0 Å². The molecule has 7 rings (SSSR count). The molecular formula is C33H26NOP. The Balaban J connectivity index is 1.41. The van der Waals surface area contributed by atoms with Gasteiger partial charge in [-0.3, -0.25) is 0 Å². The molecule has 0 saturated heterocycles. The van der Waals surface area contributed by atoms with E-state index in [9.17, 15) is 0 Å². The monoisotopic (exact) mass is 483 g/mol. The van der Waals surface area contributed by atoms with Crippen molar-refractivity contribution in [3.05, 3.63) is 109 Å². The van der Waals surface area contributed by atoms with Gasteiger partial charge in [0.05, 0.1) is 11.0 Å². The zero-order valence-corrected chi connectivity index (χ0v) is 21.3. The molecule has 1 atom stereocenters. The van der Waals surface area contributed by atoms with Crippen LogP contribution in [0, 0.1) is 0 Å². The zero-order valence-electron chi connectivity index (χ0n) is 20.2. The number of fused-ring (bicyclic) bond motifs is 6. The quantitative estimate of drug-likeness (QED) is 0.229. The molecule has 5 aromatic carbocycles. The fourth-order valence-corrected chi connectivity index (χ4v) is 5.92. The van der Waals surface area contributed by atoms with Crippen LogP contribution in [0.1, 0.15) is 18.9 Å². The summed E-state index contributed by atoms with van der Waals surface area (Å²) in [6.45, 7) is 2.22. The molecule has 0 fully saturated rings. The van der Waals surface area contributed by atoms with Gasteiger partial charge in [-0.1, -0.05) is 67.9 Å². The minimum absolute atomic E-state index is 0.933. The lowest BCUT2D eigenvalue weighted by atomic mass is 10.0. The molecule has 0 radical (unpaired) electrons. The molecule has 3 heteroatoms.